The lowest BCUT2D eigenvalue weighted by molar-refractivity contribution is -0.207. The average molecular weight is 303 g/mol. The predicted octanol–water partition coefficient (Wildman–Crippen LogP) is -0.751. The number of aliphatic hydroxyl groups excluding tert-OH is 2. The van der Waals surface area contributed by atoms with Crippen LogP contribution < -0.4 is 11.4 Å². The van der Waals surface area contributed by atoms with Gasteiger partial charge in [-0.3, -0.25) is 4.57 Å². The third-order valence-electron chi connectivity index (χ3n) is 3.78. The SMILES string of the molecule is Nc1ccn([C@@H]2O[C@](F)(CO)[C@@H](O)[C@]23CCS3)c(=O)n1. The number of alkyl halides is 1. The van der Waals surface area contributed by atoms with Gasteiger partial charge in [-0.1, -0.05) is 0 Å². The predicted molar refractivity (Wildman–Crippen MR) is 69.8 cm³/mol. The lowest BCUT2D eigenvalue weighted by Crippen LogP contribution is -2.53. The molecule has 0 saturated carbocycles. The van der Waals surface area contributed by atoms with E-state index in [1.54, 1.807) is 0 Å². The summed E-state index contributed by atoms with van der Waals surface area (Å²) in [5.41, 5.74) is 4.73. The first-order chi connectivity index (χ1) is 9.43. The van der Waals surface area contributed by atoms with Gasteiger partial charge in [0.15, 0.2) is 6.23 Å². The fraction of sp³-hybridized carbons (Fsp3) is 0.636. The molecule has 1 aromatic heterocycles. The minimum Gasteiger partial charge on any atom is -0.390 e. The van der Waals surface area contributed by atoms with Crippen molar-refractivity contribution in [3.8, 4) is 0 Å². The molecule has 7 nitrogen and oxygen atoms in total. The van der Waals surface area contributed by atoms with Crippen LogP contribution in [0.3, 0.4) is 0 Å². The molecule has 4 N–H and O–H groups in total. The second-order valence-corrected chi connectivity index (χ2v) is 6.37. The number of aliphatic hydroxyl groups is 2. The largest absolute Gasteiger partial charge is 0.390 e. The van der Waals surface area contributed by atoms with Crippen LogP contribution >= 0.6 is 11.8 Å². The summed E-state index contributed by atoms with van der Waals surface area (Å²) < 4.78 is 19.7. The van der Waals surface area contributed by atoms with Crippen molar-refractivity contribution in [2.24, 2.45) is 0 Å². The Morgan fingerprint density at radius 3 is 2.90 bits per heavy atom. The van der Waals surface area contributed by atoms with Crippen LogP contribution in [0.25, 0.3) is 0 Å². The van der Waals surface area contributed by atoms with Gasteiger partial charge in [-0.05, 0) is 18.2 Å². The van der Waals surface area contributed by atoms with E-state index in [4.69, 9.17) is 15.6 Å². The maximum Gasteiger partial charge on any atom is 0.351 e. The van der Waals surface area contributed by atoms with Gasteiger partial charge in [0, 0.05) is 6.20 Å². The van der Waals surface area contributed by atoms with Crippen molar-refractivity contribution in [2.45, 2.75) is 29.4 Å². The summed E-state index contributed by atoms with van der Waals surface area (Å²) >= 11 is 1.31. The average Bonchev–Trinajstić information content (AvgIpc) is 2.59. The van der Waals surface area contributed by atoms with E-state index < -0.39 is 35.2 Å². The second-order valence-electron chi connectivity index (χ2n) is 4.91. The number of nitrogens with zero attached hydrogens (tertiary/aromatic N) is 2. The summed E-state index contributed by atoms with van der Waals surface area (Å²) in [4.78, 5) is 15.4. The highest BCUT2D eigenvalue weighted by Gasteiger charge is 2.68. The van der Waals surface area contributed by atoms with E-state index in [1.807, 2.05) is 0 Å². The Kier molecular flexibility index (Phi) is 3.05. The van der Waals surface area contributed by atoms with Crippen LogP contribution in [0.15, 0.2) is 17.1 Å². The molecule has 1 aromatic rings. The van der Waals surface area contributed by atoms with Crippen molar-refractivity contribution >= 4 is 17.6 Å². The first-order valence-corrected chi connectivity index (χ1v) is 7.06. The van der Waals surface area contributed by atoms with Crippen molar-refractivity contribution in [3.63, 3.8) is 0 Å². The monoisotopic (exact) mass is 303 g/mol. The summed E-state index contributed by atoms with van der Waals surface area (Å²) in [6, 6.07) is 1.39. The highest BCUT2D eigenvalue weighted by Crippen LogP contribution is 2.59. The molecule has 20 heavy (non-hydrogen) atoms. The molecule has 3 rings (SSSR count). The smallest absolute Gasteiger partial charge is 0.351 e. The maximum absolute atomic E-state index is 14.4. The zero-order valence-electron chi connectivity index (χ0n) is 10.4. The number of hydrogen-bond donors (Lipinski definition) is 3. The minimum atomic E-state index is -2.58. The number of aromatic nitrogens is 2. The normalized spacial score (nSPS) is 40.0. The Balaban J connectivity index is 2.06. The Hall–Kier alpha value is -1.16. The molecule has 0 aromatic carbocycles. The summed E-state index contributed by atoms with van der Waals surface area (Å²) in [5.74, 6) is -1.82. The summed E-state index contributed by atoms with van der Waals surface area (Å²) in [6.45, 7) is -0.982. The number of ether oxygens (including phenoxy) is 1. The molecule has 2 aliphatic heterocycles. The van der Waals surface area contributed by atoms with Gasteiger partial charge >= 0.3 is 5.69 Å². The first kappa shape index (κ1) is 13.8. The van der Waals surface area contributed by atoms with Gasteiger partial charge in [0.05, 0.1) is 4.75 Å². The van der Waals surface area contributed by atoms with E-state index >= 15 is 0 Å². The van der Waals surface area contributed by atoms with Gasteiger partial charge in [-0.15, -0.1) is 11.8 Å². The lowest BCUT2D eigenvalue weighted by atomic mass is 9.93. The minimum absolute atomic E-state index is 0.0498. The summed E-state index contributed by atoms with van der Waals surface area (Å²) in [5, 5.41) is 19.3. The van der Waals surface area contributed by atoms with Crippen LogP contribution in [0.2, 0.25) is 0 Å². The van der Waals surface area contributed by atoms with Gasteiger partial charge in [0.25, 0.3) is 5.85 Å². The number of hydrogen-bond acceptors (Lipinski definition) is 7. The Bertz CT molecular complexity index is 593. The van der Waals surface area contributed by atoms with Crippen LogP contribution in [-0.4, -0.2) is 48.8 Å². The molecule has 0 amide bonds. The van der Waals surface area contributed by atoms with E-state index in [1.165, 1.54) is 24.0 Å². The number of rotatable bonds is 2. The second kappa shape index (κ2) is 4.42. The van der Waals surface area contributed by atoms with Gasteiger partial charge in [-0.2, -0.15) is 4.98 Å². The lowest BCUT2D eigenvalue weighted by Gasteiger charge is -2.43. The van der Waals surface area contributed by atoms with Crippen LogP contribution in [-0.2, 0) is 4.74 Å². The Labute approximate surface area is 117 Å². The van der Waals surface area contributed by atoms with Crippen LogP contribution in [0.1, 0.15) is 12.6 Å². The standard InChI is InChI=1S/C11H14FN3O4S/c12-11(5-16)7(17)10(2-4-20-10)8(19-11)15-3-1-6(13)14-9(15)18/h1,3,7-8,16-17H,2,4-5H2,(H2,13,14,18)/t7-,8+,10+,11+/m0/s1. The molecule has 110 valence electrons. The zero-order chi connectivity index (χ0) is 14.5. The number of nitrogens with two attached hydrogens (primary N) is 1. The van der Waals surface area contributed by atoms with Crippen molar-refractivity contribution in [1.29, 1.82) is 0 Å². The van der Waals surface area contributed by atoms with Crippen molar-refractivity contribution in [1.82, 2.24) is 9.55 Å². The van der Waals surface area contributed by atoms with E-state index in [9.17, 15) is 14.3 Å². The van der Waals surface area contributed by atoms with E-state index in [0.29, 0.717) is 6.42 Å². The number of thioether (sulfide) groups is 1. The molecule has 0 unspecified atom stereocenters. The Morgan fingerprint density at radius 2 is 2.40 bits per heavy atom. The van der Waals surface area contributed by atoms with E-state index in [0.717, 1.165) is 10.3 Å². The summed E-state index contributed by atoms with van der Waals surface area (Å²) in [7, 11) is 0. The van der Waals surface area contributed by atoms with E-state index in [-0.39, 0.29) is 5.82 Å². The molecule has 4 atom stereocenters. The number of nitrogen functional groups attached to an aromatic ring is 1. The van der Waals surface area contributed by atoms with Crippen LogP contribution in [0.4, 0.5) is 10.2 Å². The molecule has 2 fully saturated rings. The third kappa shape index (κ3) is 1.70. The number of halogens is 1. The highest BCUT2D eigenvalue weighted by atomic mass is 32.2. The van der Waals surface area contributed by atoms with Crippen LogP contribution in [0, 0.1) is 0 Å². The Morgan fingerprint density at radius 1 is 1.70 bits per heavy atom. The van der Waals surface area contributed by atoms with Crippen LogP contribution in [0.5, 0.6) is 0 Å². The molecule has 1 spiro atoms. The van der Waals surface area contributed by atoms with Crippen molar-refractivity contribution < 1.29 is 19.3 Å². The van der Waals surface area contributed by atoms with Crippen molar-refractivity contribution in [3.05, 3.63) is 22.7 Å². The fourth-order valence-corrected chi connectivity index (χ4v) is 3.93. The quantitative estimate of drug-likeness (QED) is 0.659. The molecule has 0 bridgehead atoms. The molecular formula is C11H14FN3O4S. The highest BCUT2D eigenvalue weighted by molar-refractivity contribution is 8.02. The molecule has 2 aliphatic rings. The topological polar surface area (TPSA) is 111 Å². The van der Waals surface area contributed by atoms with Crippen molar-refractivity contribution in [2.75, 3.05) is 18.1 Å². The van der Waals surface area contributed by atoms with Gasteiger partial charge in [0.2, 0.25) is 0 Å². The van der Waals surface area contributed by atoms with Gasteiger partial charge in [-0.25, -0.2) is 9.18 Å². The fourth-order valence-electron chi connectivity index (χ4n) is 2.62. The molecular weight excluding hydrogens is 289 g/mol. The third-order valence-corrected chi connectivity index (χ3v) is 5.35. The molecule has 0 aliphatic carbocycles. The molecule has 9 heteroatoms. The molecule has 0 radical (unpaired) electrons. The van der Waals surface area contributed by atoms with Gasteiger partial charge in [0.1, 0.15) is 18.5 Å². The molecule has 2 saturated heterocycles. The first-order valence-electron chi connectivity index (χ1n) is 6.07. The summed E-state index contributed by atoms with van der Waals surface area (Å²) in [6.07, 6.45) is -0.722. The van der Waals surface area contributed by atoms with E-state index in [2.05, 4.69) is 4.98 Å². The molecule has 3 heterocycles. The maximum atomic E-state index is 14.4. The van der Waals surface area contributed by atoms with Gasteiger partial charge < -0.3 is 20.7 Å². The number of anilines is 1. The zero-order valence-corrected chi connectivity index (χ0v) is 11.2.